The number of rotatable bonds is 2. The van der Waals surface area contributed by atoms with Crippen LogP contribution in [0.3, 0.4) is 0 Å². The average molecular weight is 213 g/mol. The highest BCUT2D eigenvalue weighted by Gasteiger charge is 2.11. The molecular weight excluding hydrogens is 196 g/mol. The molecule has 14 heavy (non-hydrogen) atoms. The first-order chi connectivity index (χ1) is 6.38. The minimum atomic E-state index is -0.145. The Morgan fingerprint density at radius 2 is 1.64 bits per heavy atom. The van der Waals surface area contributed by atoms with E-state index in [0.29, 0.717) is 0 Å². The lowest BCUT2D eigenvalue weighted by molar-refractivity contribution is 0.131. The number of ether oxygens (including phenoxy) is 1. The standard InChI is InChI=1S/C12H17ClO/c1-9(13)10-5-7-11(8-6-10)14-12(2,3)4/h5-9H,1-4H3. The van der Waals surface area contributed by atoms with E-state index in [-0.39, 0.29) is 11.0 Å². The molecule has 0 aliphatic carbocycles. The van der Waals surface area contributed by atoms with Crippen molar-refractivity contribution in [1.29, 1.82) is 0 Å². The topological polar surface area (TPSA) is 9.23 Å². The maximum atomic E-state index is 5.95. The molecule has 78 valence electrons. The Morgan fingerprint density at radius 3 is 2.00 bits per heavy atom. The van der Waals surface area contributed by atoms with E-state index in [1.54, 1.807) is 0 Å². The summed E-state index contributed by atoms with van der Waals surface area (Å²) in [5, 5.41) is 0.0543. The molecule has 0 radical (unpaired) electrons. The third-order valence-electron chi connectivity index (χ3n) is 1.76. The van der Waals surface area contributed by atoms with Crippen molar-refractivity contribution >= 4 is 11.6 Å². The smallest absolute Gasteiger partial charge is 0.120 e. The zero-order valence-corrected chi connectivity index (χ0v) is 9.93. The van der Waals surface area contributed by atoms with Gasteiger partial charge < -0.3 is 4.74 Å². The van der Waals surface area contributed by atoms with Crippen LogP contribution in [0.1, 0.15) is 38.6 Å². The van der Waals surface area contributed by atoms with Crippen LogP contribution in [0.15, 0.2) is 24.3 Å². The lowest BCUT2D eigenvalue weighted by Gasteiger charge is -2.21. The van der Waals surface area contributed by atoms with Crippen LogP contribution in [0.4, 0.5) is 0 Å². The van der Waals surface area contributed by atoms with Gasteiger partial charge in [0.05, 0.1) is 5.38 Å². The van der Waals surface area contributed by atoms with E-state index in [9.17, 15) is 0 Å². The molecule has 1 atom stereocenters. The minimum absolute atomic E-state index is 0.0543. The molecule has 0 aliphatic rings. The van der Waals surface area contributed by atoms with Crippen LogP contribution < -0.4 is 4.74 Å². The van der Waals surface area contributed by atoms with Gasteiger partial charge in [-0.05, 0) is 45.4 Å². The summed E-state index contributed by atoms with van der Waals surface area (Å²) in [6, 6.07) is 7.91. The van der Waals surface area contributed by atoms with Crippen molar-refractivity contribution in [2.24, 2.45) is 0 Å². The molecule has 1 aromatic carbocycles. The second kappa shape index (κ2) is 4.22. The van der Waals surface area contributed by atoms with Gasteiger partial charge in [0.1, 0.15) is 11.4 Å². The molecule has 0 spiro atoms. The van der Waals surface area contributed by atoms with Gasteiger partial charge in [0.25, 0.3) is 0 Å². The molecule has 2 heteroatoms. The molecule has 0 fully saturated rings. The van der Waals surface area contributed by atoms with Crippen LogP contribution in [-0.2, 0) is 0 Å². The summed E-state index contributed by atoms with van der Waals surface area (Å²) < 4.78 is 5.69. The monoisotopic (exact) mass is 212 g/mol. The largest absolute Gasteiger partial charge is 0.488 e. The lowest BCUT2D eigenvalue weighted by Crippen LogP contribution is -2.22. The Bertz CT molecular complexity index is 282. The molecule has 0 bridgehead atoms. The fraction of sp³-hybridized carbons (Fsp3) is 0.500. The highest BCUT2D eigenvalue weighted by molar-refractivity contribution is 6.20. The first-order valence-electron chi connectivity index (χ1n) is 4.81. The Hall–Kier alpha value is -0.690. The summed E-state index contributed by atoms with van der Waals surface area (Å²) in [6.45, 7) is 8.06. The average Bonchev–Trinajstić information content (AvgIpc) is 2.02. The van der Waals surface area contributed by atoms with Crippen LogP contribution in [0.5, 0.6) is 5.75 Å². The van der Waals surface area contributed by atoms with E-state index in [1.165, 1.54) is 0 Å². The second-order valence-electron chi connectivity index (χ2n) is 4.40. The van der Waals surface area contributed by atoms with Gasteiger partial charge >= 0.3 is 0 Å². The third-order valence-corrected chi connectivity index (χ3v) is 2.02. The predicted octanol–water partition coefficient (Wildman–Crippen LogP) is 4.16. The number of halogens is 1. The Balaban J connectivity index is 2.74. The zero-order chi connectivity index (χ0) is 10.8. The third kappa shape index (κ3) is 3.59. The fourth-order valence-electron chi connectivity index (χ4n) is 1.15. The van der Waals surface area contributed by atoms with Gasteiger partial charge in [-0.2, -0.15) is 0 Å². The Labute approximate surface area is 91.0 Å². The molecule has 1 nitrogen and oxygen atoms in total. The van der Waals surface area contributed by atoms with Crippen molar-refractivity contribution in [3.05, 3.63) is 29.8 Å². The maximum Gasteiger partial charge on any atom is 0.120 e. The van der Waals surface area contributed by atoms with Crippen molar-refractivity contribution in [3.8, 4) is 5.75 Å². The van der Waals surface area contributed by atoms with E-state index in [2.05, 4.69) is 0 Å². The molecule has 0 heterocycles. The number of benzene rings is 1. The molecule has 0 aliphatic heterocycles. The maximum absolute atomic E-state index is 5.95. The normalized spacial score (nSPS) is 13.8. The van der Waals surface area contributed by atoms with Crippen LogP contribution in [-0.4, -0.2) is 5.60 Å². The number of hydrogen-bond acceptors (Lipinski definition) is 1. The van der Waals surface area contributed by atoms with Gasteiger partial charge in [0, 0.05) is 0 Å². The van der Waals surface area contributed by atoms with Crippen LogP contribution in [0, 0.1) is 0 Å². The van der Waals surface area contributed by atoms with Crippen molar-refractivity contribution in [2.75, 3.05) is 0 Å². The van der Waals surface area contributed by atoms with Crippen molar-refractivity contribution in [3.63, 3.8) is 0 Å². The molecule has 1 unspecified atom stereocenters. The summed E-state index contributed by atoms with van der Waals surface area (Å²) in [7, 11) is 0. The highest BCUT2D eigenvalue weighted by Crippen LogP contribution is 2.23. The summed E-state index contributed by atoms with van der Waals surface area (Å²) in [5.41, 5.74) is 0.974. The SMILES string of the molecule is CC(Cl)c1ccc(OC(C)(C)C)cc1. The van der Waals surface area contributed by atoms with Crippen molar-refractivity contribution in [2.45, 2.75) is 38.7 Å². The van der Waals surface area contributed by atoms with Gasteiger partial charge in [-0.1, -0.05) is 12.1 Å². The molecule has 0 saturated heterocycles. The molecule has 0 N–H and O–H groups in total. The van der Waals surface area contributed by atoms with E-state index in [1.807, 2.05) is 52.0 Å². The highest BCUT2D eigenvalue weighted by atomic mass is 35.5. The molecule has 0 saturated carbocycles. The van der Waals surface area contributed by atoms with Gasteiger partial charge in [-0.3, -0.25) is 0 Å². The van der Waals surface area contributed by atoms with E-state index >= 15 is 0 Å². The summed E-state index contributed by atoms with van der Waals surface area (Å²) in [4.78, 5) is 0. The van der Waals surface area contributed by atoms with Gasteiger partial charge in [-0.15, -0.1) is 11.6 Å². The second-order valence-corrected chi connectivity index (χ2v) is 5.05. The first kappa shape index (κ1) is 11.4. The molecule has 1 aromatic rings. The van der Waals surface area contributed by atoms with E-state index < -0.39 is 0 Å². The van der Waals surface area contributed by atoms with E-state index in [0.717, 1.165) is 11.3 Å². The van der Waals surface area contributed by atoms with Gasteiger partial charge in [0.2, 0.25) is 0 Å². The lowest BCUT2D eigenvalue weighted by atomic mass is 10.1. The molecule has 0 amide bonds. The summed E-state index contributed by atoms with van der Waals surface area (Å²) in [5.74, 6) is 0.888. The van der Waals surface area contributed by atoms with Crippen molar-refractivity contribution < 1.29 is 4.74 Å². The van der Waals surface area contributed by atoms with Gasteiger partial charge in [0.15, 0.2) is 0 Å². The molecular formula is C12H17ClO. The first-order valence-corrected chi connectivity index (χ1v) is 5.25. The zero-order valence-electron chi connectivity index (χ0n) is 9.17. The van der Waals surface area contributed by atoms with Crippen LogP contribution in [0.25, 0.3) is 0 Å². The quantitative estimate of drug-likeness (QED) is 0.669. The number of alkyl halides is 1. The van der Waals surface area contributed by atoms with Crippen LogP contribution in [0.2, 0.25) is 0 Å². The Morgan fingerprint density at radius 1 is 1.14 bits per heavy atom. The predicted molar refractivity (Wildman–Crippen MR) is 61.1 cm³/mol. The van der Waals surface area contributed by atoms with Crippen LogP contribution >= 0.6 is 11.6 Å². The number of hydrogen-bond donors (Lipinski definition) is 0. The minimum Gasteiger partial charge on any atom is -0.488 e. The molecule has 0 aromatic heterocycles. The fourth-order valence-corrected chi connectivity index (χ4v) is 1.30. The molecule has 1 rings (SSSR count). The van der Waals surface area contributed by atoms with Gasteiger partial charge in [-0.25, -0.2) is 0 Å². The van der Waals surface area contributed by atoms with Crippen molar-refractivity contribution in [1.82, 2.24) is 0 Å². The summed E-state index contributed by atoms with van der Waals surface area (Å²) >= 11 is 5.95. The Kier molecular flexibility index (Phi) is 3.43. The van der Waals surface area contributed by atoms with E-state index in [4.69, 9.17) is 16.3 Å². The summed E-state index contributed by atoms with van der Waals surface area (Å²) in [6.07, 6.45) is 0.